The van der Waals surface area contributed by atoms with Crippen molar-refractivity contribution in [3.8, 4) is 0 Å². The minimum atomic E-state index is -0.00269. The monoisotopic (exact) mass is 262 g/mol. The van der Waals surface area contributed by atoms with Crippen molar-refractivity contribution >= 4 is 27.3 Å². The third kappa shape index (κ3) is 1.93. The zero-order chi connectivity index (χ0) is 9.31. The summed E-state index contributed by atoms with van der Waals surface area (Å²) in [5.74, 6) is 0. The molecule has 1 aliphatic rings. The molecule has 1 saturated heterocycles. The molecule has 2 heterocycles. The third-order valence-corrected chi connectivity index (χ3v) is 3.80. The van der Waals surface area contributed by atoms with Crippen LogP contribution in [0, 0.1) is 0 Å². The van der Waals surface area contributed by atoms with Crippen LogP contribution in [0.1, 0.15) is 5.01 Å². The van der Waals surface area contributed by atoms with Crippen molar-refractivity contribution < 1.29 is 4.74 Å². The second kappa shape index (κ2) is 3.65. The standard InChI is InChI=1S/C8H11BrN2OS/c1-12-8(4-10-5-8)2-7-11-3-6(9)13-7/h3,10H,2,4-5H2,1H3. The molecule has 13 heavy (non-hydrogen) atoms. The Bertz CT molecular complexity index is 293. The lowest BCUT2D eigenvalue weighted by Gasteiger charge is -2.40. The summed E-state index contributed by atoms with van der Waals surface area (Å²) >= 11 is 5.08. The number of thiazole rings is 1. The SMILES string of the molecule is COC1(Cc2ncc(Br)s2)CNC1. The van der Waals surface area contributed by atoms with Gasteiger partial charge in [-0.25, -0.2) is 4.98 Å². The van der Waals surface area contributed by atoms with Gasteiger partial charge in [-0.2, -0.15) is 0 Å². The highest BCUT2D eigenvalue weighted by Gasteiger charge is 2.37. The van der Waals surface area contributed by atoms with Gasteiger partial charge >= 0.3 is 0 Å². The Morgan fingerprint density at radius 2 is 2.54 bits per heavy atom. The maximum atomic E-state index is 5.48. The van der Waals surface area contributed by atoms with E-state index in [1.165, 1.54) is 0 Å². The first-order chi connectivity index (χ1) is 6.24. The highest BCUT2D eigenvalue weighted by Crippen LogP contribution is 2.26. The molecule has 5 heteroatoms. The van der Waals surface area contributed by atoms with E-state index in [-0.39, 0.29) is 5.60 Å². The highest BCUT2D eigenvalue weighted by molar-refractivity contribution is 9.11. The predicted octanol–water partition coefficient (Wildman–Crippen LogP) is 1.44. The van der Waals surface area contributed by atoms with Crippen LogP contribution >= 0.6 is 27.3 Å². The fourth-order valence-electron chi connectivity index (χ4n) is 1.39. The molecule has 1 aromatic heterocycles. The van der Waals surface area contributed by atoms with Gasteiger partial charge in [-0.3, -0.25) is 0 Å². The van der Waals surface area contributed by atoms with Crippen LogP contribution in [0.3, 0.4) is 0 Å². The number of methoxy groups -OCH3 is 1. The normalized spacial score (nSPS) is 19.8. The minimum Gasteiger partial charge on any atom is -0.375 e. The Balaban J connectivity index is 2.04. The first-order valence-electron chi connectivity index (χ1n) is 4.10. The Hall–Kier alpha value is 0.0300. The van der Waals surface area contributed by atoms with Crippen LogP contribution in [0.2, 0.25) is 0 Å². The van der Waals surface area contributed by atoms with Crippen LogP contribution in [-0.2, 0) is 11.2 Å². The van der Waals surface area contributed by atoms with Gasteiger partial charge in [-0.1, -0.05) is 0 Å². The van der Waals surface area contributed by atoms with E-state index in [0.29, 0.717) is 0 Å². The molecule has 1 aliphatic heterocycles. The Morgan fingerprint density at radius 3 is 2.92 bits per heavy atom. The summed E-state index contributed by atoms with van der Waals surface area (Å²) < 4.78 is 6.56. The van der Waals surface area contributed by atoms with Gasteiger partial charge < -0.3 is 10.1 Å². The third-order valence-electron chi connectivity index (χ3n) is 2.33. The van der Waals surface area contributed by atoms with Crippen molar-refractivity contribution in [1.82, 2.24) is 10.3 Å². The molecule has 0 radical (unpaired) electrons. The maximum Gasteiger partial charge on any atom is 0.0989 e. The average molecular weight is 263 g/mol. The number of ether oxygens (including phenoxy) is 1. The largest absolute Gasteiger partial charge is 0.375 e. The summed E-state index contributed by atoms with van der Waals surface area (Å²) in [5, 5.41) is 4.35. The zero-order valence-corrected chi connectivity index (χ0v) is 9.74. The van der Waals surface area contributed by atoms with Crippen molar-refractivity contribution in [2.24, 2.45) is 0 Å². The first kappa shape index (κ1) is 9.58. The summed E-state index contributed by atoms with van der Waals surface area (Å²) in [5.41, 5.74) is -0.00269. The van der Waals surface area contributed by atoms with E-state index >= 15 is 0 Å². The molecular weight excluding hydrogens is 252 g/mol. The first-order valence-corrected chi connectivity index (χ1v) is 5.71. The van der Waals surface area contributed by atoms with E-state index in [9.17, 15) is 0 Å². The fraction of sp³-hybridized carbons (Fsp3) is 0.625. The fourth-order valence-corrected chi connectivity index (χ4v) is 2.82. The minimum absolute atomic E-state index is 0.00269. The van der Waals surface area contributed by atoms with Crippen molar-refractivity contribution in [2.45, 2.75) is 12.0 Å². The van der Waals surface area contributed by atoms with Crippen LogP contribution in [0.15, 0.2) is 9.98 Å². The van der Waals surface area contributed by atoms with Crippen molar-refractivity contribution in [2.75, 3.05) is 20.2 Å². The van der Waals surface area contributed by atoms with Crippen molar-refractivity contribution in [3.63, 3.8) is 0 Å². The molecule has 0 bridgehead atoms. The second-order valence-electron chi connectivity index (χ2n) is 3.23. The average Bonchev–Trinajstić information content (AvgIpc) is 2.44. The summed E-state index contributed by atoms with van der Waals surface area (Å²) in [6.07, 6.45) is 2.75. The number of aromatic nitrogens is 1. The van der Waals surface area contributed by atoms with Crippen LogP contribution < -0.4 is 5.32 Å². The molecule has 3 nitrogen and oxygen atoms in total. The van der Waals surface area contributed by atoms with E-state index in [1.807, 2.05) is 6.20 Å². The van der Waals surface area contributed by atoms with E-state index in [4.69, 9.17) is 4.74 Å². The van der Waals surface area contributed by atoms with E-state index in [1.54, 1.807) is 18.4 Å². The number of nitrogens with zero attached hydrogens (tertiary/aromatic N) is 1. The lowest BCUT2D eigenvalue weighted by molar-refractivity contribution is -0.0502. The van der Waals surface area contributed by atoms with Crippen LogP contribution in [0.25, 0.3) is 0 Å². The van der Waals surface area contributed by atoms with Crippen molar-refractivity contribution in [1.29, 1.82) is 0 Å². The Morgan fingerprint density at radius 1 is 1.77 bits per heavy atom. The van der Waals surface area contributed by atoms with E-state index < -0.39 is 0 Å². The predicted molar refractivity (Wildman–Crippen MR) is 56.1 cm³/mol. The smallest absolute Gasteiger partial charge is 0.0989 e. The highest BCUT2D eigenvalue weighted by atomic mass is 79.9. The van der Waals surface area contributed by atoms with Gasteiger partial charge in [0.05, 0.1) is 20.6 Å². The van der Waals surface area contributed by atoms with Crippen LogP contribution in [0.4, 0.5) is 0 Å². The number of halogens is 1. The van der Waals surface area contributed by atoms with Crippen LogP contribution in [0.5, 0.6) is 0 Å². The summed E-state index contributed by atoms with van der Waals surface area (Å²) in [6, 6.07) is 0. The summed E-state index contributed by atoms with van der Waals surface area (Å²) in [4.78, 5) is 4.29. The topological polar surface area (TPSA) is 34.1 Å². The molecule has 0 spiro atoms. The molecule has 0 aliphatic carbocycles. The van der Waals surface area contributed by atoms with Gasteiger partial charge in [-0.05, 0) is 15.9 Å². The molecule has 1 N–H and O–H groups in total. The second-order valence-corrected chi connectivity index (χ2v) is 5.72. The Labute approximate surface area is 89.6 Å². The van der Waals surface area contributed by atoms with E-state index in [2.05, 4.69) is 26.2 Å². The molecule has 0 aromatic carbocycles. The molecular formula is C8H11BrN2OS. The summed E-state index contributed by atoms with van der Waals surface area (Å²) in [7, 11) is 1.77. The molecule has 2 rings (SSSR count). The lowest BCUT2D eigenvalue weighted by atomic mass is 9.93. The van der Waals surface area contributed by atoms with Crippen molar-refractivity contribution in [3.05, 3.63) is 15.0 Å². The van der Waals surface area contributed by atoms with Gasteiger partial charge in [0.1, 0.15) is 0 Å². The molecule has 1 aromatic rings. The number of nitrogens with one attached hydrogen (secondary N) is 1. The number of hydrogen-bond donors (Lipinski definition) is 1. The van der Waals surface area contributed by atoms with Gasteiger partial charge in [0, 0.05) is 26.6 Å². The van der Waals surface area contributed by atoms with Crippen LogP contribution in [-0.4, -0.2) is 30.8 Å². The van der Waals surface area contributed by atoms with E-state index in [0.717, 1.165) is 28.3 Å². The van der Waals surface area contributed by atoms with Gasteiger partial charge in [0.15, 0.2) is 0 Å². The van der Waals surface area contributed by atoms with Gasteiger partial charge in [0.2, 0.25) is 0 Å². The molecule has 0 saturated carbocycles. The molecule has 0 amide bonds. The maximum absolute atomic E-state index is 5.48. The number of rotatable bonds is 3. The molecule has 1 fully saturated rings. The zero-order valence-electron chi connectivity index (χ0n) is 7.34. The molecule has 72 valence electrons. The lowest BCUT2D eigenvalue weighted by Crippen LogP contribution is -2.61. The van der Waals surface area contributed by atoms with Gasteiger partial charge in [0.25, 0.3) is 0 Å². The number of hydrogen-bond acceptors (Lipinski definition) is 4. The quantitative estimate of drug-likeness (QED) is 0.896. The molecule has 0 unspecified atom stereocenters. The van der Waals surface area contributed by atoms with Gasteiger partial charge in [-0.15, -0.1) is 11.3 Å². The Kier molecular flexibility index (Phi) is 2.69. The molecule has 0 atom stereocenters. The summed E-state index contributed by atoms with van der Waals surface area (Å²) in [6.45, 7) is 1.86.